The second kappa shape index (κ2) is 10.1. The fourth-order valence-corrected chi connectivity index (χ4v) is 4.22. The standard InChI is InChI=1S/C24H16ClF3N2O5S/c1-34-19-8-4-14(24(26,27)28)10-17(19)29-21(31)12-30-22(32)20(36-23(30)33)11-16-7-9-18(35-16)13-2-5-15(25)6-3-13/h2-11H,12H2,1H3,(H,29,31)/b20-11-. The number of carbonyl (C=O) groups is 3. The Kier molecular flexibility index (Phi) is 7.14. The molecule has 1 fully saturated rings. The quantitative estimate of drug-likeness (QED) is 0.372. The van der Waals surface area contributed by atoms with Crippen LogP contribution in [0.15, 0.2) is 63.9 Å². The van der Waals surface area contributed by atoms with E-state index in [2.05, 4.69) is 5.32 Å². The summed E-state index contributed by atoms with van der Waals surface area (Å²) in [5.41, 5.74) is -0.483. The van der Waals surface area contributed by atoms with Gasteiger partial charge in [-0.15, -0.1) is 0 Å². The molecule has 186 valence electrons. The van der Waals surface area contributed by atoms with E-state index in [9.17, 15) is 27.6 Å². The van der Waals surface area contributed by atoms with E-state index < -0.39 is 35.3 Å². The van der Waals surface area contributed by atoms with Crippen LogP contribution in [-0.4, -0.2) is 35.6 Å². The van der Waals surface area contributed by atoms with E-state index in [4.69, 9.17) is 20.8 Å². The van der Waals surface area contributed by atoms with E-state index >= 15 is 0 Å². The minimum atomic E-state index is -4.64. The molecule has 0 saturated carbocycles. The molecular weight excluding hydrogens is 521 g/mol. The average molecular weight is 537 g/mol. The molecule has 36 heavy (non-hydrogen) atoms. The lowest BCUT2D eigenvalue weighted by Crippen LogP contribution is -2.36. The monoisotopic (exact) mass is 536 g/mol. The van der Waals surface area contributed by atoms with Crippen molar-refractivity contribution in [1.29, 1.82) is 0 Å². The van der Waals surface area contributed by atoms with E-state index in [1.165, 1.54) is 13.2 Å². The molecule has 0 unspecified atom stereocenters. The Morgan fingerprint density at radius 1 is 1.14 bits per heavy atom. The third kappa shape index (κ3) is 5.58. The van der Waals surface area contributed by atoms with E-state index in [0.29, 0.717) is 39.3 Å². The number of carbonyl (C=O) groups excluding carboxylic acids is 3. The van der Waals surface area contributed by atoms with Crippen LogP contribution in [0.4, 0.5) is 23.7 Å². The average Bonchev–Trinajstić information content (AvgIpc) is 3.39. The third-order valence-electron chi connectivity index (χ3n) is 5.01. The highest BCUT2D eigenvalue weighted by atomic mass is 35.5. The third-order valence-corrected chi connectivity index (χ3v) is 6.16. The first-order valence-electron chi connectivity index (χ1n) is 10.2. The number of halogens is 4. The summed E-state index contributed by atoms with van der Waals surface area (Å²) >= 11 is 6.50. The molecule has 1 saturated heterocycles. The van der Waals surface area contributed by atoms with Crippen molar-refractivity contribution in [2.24, 2.45) is 0 Å². The molecule has 3 amide bonds. The molecule has 0 spiro atoms. The molecule has 1 N–H and O–H groups in total. The van der Waals surface area contributed by atoms with Crippen LogP contribution in [0.2, 0.25) is 5.02 Å². The highest BCUT2D eigenvalue weighted by Gasteiger charge is 2.37. The molecule has 2 aromatic carbocycles. The Morgan fingerprint density at radius 3 is 2.53 bits per heavy atom. The zero-order valence-electron chi connectivity index (χ0n) is 18.4. The van der Waals surface area contributed by atoms with Crippen LogP contribution in [0.3, 0.4) is 0 Å². The van der Waals surface area contributed by atoms with Crippen molar-refractivity contribution in [3.05, 3.63) is 75.8 Å². The number of alkyl halides is 3. The molecule has 1 aliphatic rings. The maximum atomic E-state index is 13.0. The summed E-state index contributed by atoms with van der Waals surface area (Å²) < 4.78 is 49.8. The zero-order chi connectivity index (χ0) is 26.0. The number of hydrogen-bond donors (Lipinski definition) is 1. The summed E-state index contributed by atoms with van der Waals surface area (Å²) in [5.74, 6) is -0.797. The van der Waals surface area contributed by atoms with Crippen LogP contribution in [0.25, 0.3) is 17.4 Å². The number of methoxy groups -OCH3 is 1. The van der Waals surface area contributed by atoms with Gasteiger partial charge in [0.25, 0.3) is 11.1 Å². The molecule has 3 aromatic rings. The number of hydrogen-bond acceptors (Lipinski definition) is 6. The molecule has 0 atom stereocenters. The molecule has 7 nitrogen and oxygen atoms in total. The van der Waals surface area contributed by atoms with Crippen molar-refractivity contribution in [1.82, 2.24) is 4.90 Å². The zero-order valence-corrected chi connectivity index (χ0v) is 20.0. The van der Waals surface area contributed by atoms with Crippen molar-refractivity contribution < 1.29 is 36.7 Å². The molecule has 2 heterocycles. The number of anilines is 1. The first kappa shape index (κ1) is 25.4. The van der Waals surface area contributed by atoms with Gasteiger partial charge in [-0.3, -0.25) is 19.3 Å². The van der Waals surface area contributed by atoms with Crippen LogP contribution in [0.1, 0.15) is 11.3 Å². The van der Waals surface area contributed by atoms with Crippen LogP contribution in [0.5, 0.6) is 5.75 Å². The molecule has 1 aromatic heterocycles. The van der Waals surface area contributed by atoms with E-state index in [0.717, 1.165) is 17.7 Å². The van der Waals surface area contributed by atoms with Gasteiger partial charge in [-0.1, -0.05) is 11.6 Å². The van der Waals surface area contributed by atoms with Gasteiger partial charge in [0.15, 0.2) is 0 Å². The number of benzene rings is 2. The smallest absolute Gasteiger partial charge is 0.416 e. The Bertz CT molecular complexity index is 1370. The fraction of sp³-hybridized carbons (Fsp3) is 0.125. The molecule has 0 aliphatic carbocycles. The van der Waals surface area contributed by atoms with E-state index in [1.807, 2.05) is 0 Å². The number of imide groups is 1. The maximum absolute atomic E-state index is 13.0. The van der Waals surface area contributed by atoms with Crippen molar-refractivity contribution in [3.63, 3.8) is 0 Å². The van der Waals surface area contributed by atoms with Crippen LogP contribution >= 0.6 is 23.4 Å². The summed E-state index contributed by atoms with van der Waals surface area (Å²) in [4.78, 5) is 38.3. The van der Waals surface area contributed by atoms with Crippen LogP contribution < -0.4 is 10.1 Å². The van der Waals surface area contributed by atoms with Gasteiger partial charge in [0.05, 0.1) is 23.3 Å². The number of ether oxygens (including phenoxy) is 1. The SMILES string of the molecule is COc1ccc(C(F)(F)F)cc1NC(=O)CN1C(=O)S/C(=C\c2ccc(-c3ccc(Cl)cc3)o2)C1=O. The summed E-state index contributed by atoms with van der Waals surface area (Å²) in [6, 6.07) is 12.8. The minimum absolute atomic E-state index is 0.0142. The van der Waals surface area contributed by atoms with Gasteiger partial charge in [-0.25, -0.2) is 0 Å². The van der Waals surface area contributed by atoms with E-state index in [-0.39, 0.29) is 16.3 Å². The van der Waals surface area contributed by atoms with Gasteiger partial charge in [0.1, 0.15) is 23.8 Å². The maximum Gasteiger partial charge on any atom is 0.416 e. The second-order valence-corrected chi connectivity index (χ2v) is 8.87. The summed E-state index contributed by atoms with van der Waals surface area (Å²) in [5, 5.41) is 2.12. The summed E-state index contributed by atoms with van der Waals surface area (Å²) in [6.07, 6.45) is -3.26. The van der Waals surface area contributed by atoms with Gasteiger partial charge in [0, 0.05) is 16.7 Å². The second-order valence-electron chi connectivity index (χ2n) is 7.44. The lowest BCUT2D eigenvalue weighted by atomic mass is 10.1. The van der Waals surface area contributed by atoms with Crippen LogP contribution in [0, 0.1) is 0 Å². The van der Waals surface area contributed by atoms with Crippen molar-refractivity contribution in [3.8, 4) is 17.1 Å². The van der Waals surface area contributed by atoms with Gasteiger partial charge >= 0.3 is 6.18 Å². The normalized spacial score (nSPS) is 15.0. The van der Waals surface area contributed by atoms with Gasteiger partial charge in [0.2, 0.25) is 5.91 Å². The topological polar surface area (TPSA) is 88.8 Å². The van der Waals surface area contributed by atoms with Crippen molar-refractivity contribution >= 4 is 52.2 Å². The highest BCUT2D eigenvalue weighted by molar-refractivity contribution is 8.18. The van der Waals surface area contributed by atoms with E-state index in [1.54, 1.807) is 36.4 Å². The lowest BCUT2D eigenvalue weighted by molar-refractivity contribution is -0.137. The molecular formula is C24H16ClF3N2O5S. The summed E-state index contributed by atoms with van der Waals surface area (Å²) in [7, 11) is 1.23. The number of amides is 3. The largest absolute Gasteiger partial charge is 0.495 e. The molecule has 1 aliphatic heterocycles. The van der Waals surface area contributed by atoms with Gasteiger partial charge in [-0.05, 0) is 66.4 Å². The van der Waals surface area contributed by atoms with Crippen molar-refractivity contribution in [2.75, 3.05) is 19.0 Å². The molecule has 0 bridgehead atoms. The Balaban J connectivity index is 1.46. The highest BCUT2D eigenvalue weighted by Crippen LogP contribution is 2.36. The predicted molar refractivity (Wildman–Crippen MR) is 128 cm³/mol. The van der Waals surface area contributed by atoms with Crippen LogP contribution in [-0.2, 0) is 15.8 Å². The van der Waals surface area contributed by atoms with Gasteiger partial charge in [-0.2, -0.15) is 13.2 Å². The number of thioether (sulfide) groups is 1. The number of nitrogens with zero attached hydrogens (tertiary/aromatic N) is 1. The fourth-order valence-electron chi connectivity index (χ4n) is 3.28. The predicted octanol–water partition coefficient (Wildman–Crippen LogP) is 6.30. The Hall–Kier alpha value is -3.70. The molecule has 0 radical (unpaired) electrons. The minimum Gasteiger partial charge on any atom is -0.495 e. The molecule has 12 heteroatoms. The number of rotatable bonds is 6. The lowest BCUT2D eigenvalue weighted by Gasteiger charge is -2.16. The van der Waals surface area contributed by atoms with Gasteiger partial charge < -0.3 is 14.5 Å². The number of nitrogens with one attached hydrogen (secondary N) is 1. The molecule has 4 rings (SSSR count). The Labute approximate surface area is 211 Å². The summed E-state index contributed by atoms with van der Waals surface area (Å²) in [6.45, 7) is -0.699. The first-order chi connectivity index (χ1) is 17.0. The Morgan fingerprint density at radius 2 is 1.86 bits per heavy atom. The first-order valence-corrected chi connectivity index (χ1v) is 11.4. The van der Waals surface area contributed by atoms with Crippen molar-refractivity contribution in [2.45, 2.75) is 6.18 Å². The number of furan rings is 1.